The lowest BCUT2D eigenvalue weighted by Crippen LogP contribution is -2.52. The third-order valence-electron chi connectivity index (χ3n) is 4.73. The molecule has 0 N–H and O–H groups in total. The van der Waals surface area contributed by atoms with E-state index in [0.29, 0.717) is 24.7 Å². The van der Waals surface area contributed by atoms with E-state index in [0.717, 1.165) is 51.6 Å². The molecule has 0 radical (unpaired) electrons. The van der Waals surface area contributed by atoms with Crippen LogP contribution in [0.25, 0.3) is 0 Å². The first-order valence-electron chi connectivity index (χ1n) is 8.24. The van der Waals surface area contributed by atoms with Gasteiger partial charge >= 0.3 is 0 Å². The summed E-state index contributed by atoms with van der Waals surface area (Å²) in [4.78, 5) is 14.5. The molecule has 3 aliphatic heterocycles. The molecule has 0 saturated carbocycles. The summed E-state index contributed by atoms with van der Waals surface area (Å²) in [5.74, 6) is 0.992. The van der Waals surface area contributed by atoms with E-state index in [1.807, 2.05) is 4.90 Å². The Morgan fingerprint density at radius 3 is 2.14 bits per heavy atom. The van der Waals surface area contributed by atoms with Crippen molar-refractivity contribution in [1.29, 1.82) is 0 Å². The fourth-order valence-corrected chi connectivity index (χ4v) is 6.78. The van der Waals surface area contributed by atoms with Gasteiger partial charge in [-0.25, -0.2) is 0 Å². The van der Waals surface area contributed by atoms with Gasteiger partial charge in [-0.3, -0.25) is 4.79 Å². The van der Waals surface area contributed by atoms with Crippen LogP contribution in [-0.4, -0.2) is 71.7 Å². The lowest BCUT2D eigenvalue weighted by Gasteiger charge is -2.30. The van der Waals surface area contributed by atoms with Crippen LogP contribution >= 0.6 is 11.8 Å². The van der Waals surface area contributed by atoms with Crippen LogP contribution in [-0.2, 0) is 15.0 Å². The van der Waals surface area contributed by atoms with Crippen molar-refractivity contribution in [2.45, 2.75) is 44.6 Å². The van der Waals surface area contributed by atoms with Gasteiger partial charge in [-0.05, 0) is 25.7 Å². The molecule has 0 aliphatic carbocycles. The van der Waals surface area contributed by atoms with Crippen LogP contribution in [0.5, 0.6) is 0 Å². The number of hydrogen-bond acceptors (Lipinski definition) is 4. The molecule has 0 spiro atoms. The van der Waals surface area contributed by atoms with Crippen LogP contribution in [0.4, 0.5) is 0 Å². The van der Waals surface area contributed by atoms with Gasteiger partial charge in [0.25, 0.3) is 10.2 Å². The summed E-state index contributed by atoms with van der Waals surface area (Å²) in [5.41, 5.74) is 0. The maximum Gasteiger partial charge on any atom is 0.283 e. The predicted octanol–water partition coefficient (Wildman–Crippen LogP) is 1.10. The maximum absolute atomic E-state index is 12.9. The van der Waals surface area contributed by atoms with Gasteiger partial charge < -0.3 is 4.90 Å². The number of carbonyl (C=O) groups excluding carboxylic acids is 1. The highest BCUT2D eigenvalue weighted by Crippen LogP contribution is 2.29. The second-order valence-electron chi connectivity index (χ2n) is 6.26. The van der Waals surface area contributed by atoms with Gasteiger partial charge in [0.15, 0.2) is 0 Å². The molecule has 0 bridgehead atoms. The zero-order chi connectivity index (χ0) is 15.6. The summed E-state index contributed by atoms with van der Waals surface area (Å²) in [7, 11) is -3.51. The first-order chi connectivity index (χ1) is 10.6. The lowest BCUT2D eigenvalue weighted by atomic mass is 10.2. The van der Waals surface area contributed by atoms with Crippen LogP contribution in [0.15, 0.2) is 0 Å². The van der Waals surface area contributed by atoms with E-state index in [9.17, 15) is 13.2 Å². The highest BCUT2D eigenvalue weighted by atomic mass is 32.2. The third kappa shape index (κ3) is 3.29. The molecule has 1 atom stereocenters. The number of hydrogen-bond donors (Lipinski definition) is 0. The van der Waals surface area contributed by atoms with Crippen molar-refractivity contribution >= 4 is 27.9 Å². The number of nitrogens with zero attached hydrogens (tertiary/aromatic N) is 3. The minimum absolute atomic E-state index is 0.000830. The van der Waals surface area contributed by atoms with Gasteiger partial charge in [0.1, 0.15) is 6.04 Å². The fourth-order valence-electron chi connectivity index (χ4n) is 3.42. The molecule has 1 amide bonds. The quantitative estimate of drug-likeness (QED) is 0.767. The van der Waals surface area contributed by atoms with Gasteiger partial charge in [-0.2, -0.15) is 17.0 Å². The normalized spacial score (nSPS) is 28.9. The molecule has 3 saturated heterocycles. The monoisotopic (exact) mass is 347 g/mol. The molecule has 126 valence electrons. The van der Waals surface area contributed by atoms with E-state index in [-0.39, 0.29) is 5.91 Å². The number of carbonyl (C=O) groups is 1. The van der Waals surface area contributed by atoms with Gasteiger partial charge in [-0.15, -0.1) is 11.8 Å². The van der Waals surface area contributed by atoms with Crippen LogP contribution in [0, 0.1) is 0 Å². The number of thioether (sulfide) groups is 1. The van der Waals surface area contributed by atoms with Crippen molar-refractivity contribution in [3.63, 3.8) is 0 Å². The van der Waals surface area contributed by atoms with E-state index in [1.165, 1.54) is 4.31 Å². The molecule has 1 unspecified atom stereocenters. The standard InChI is InChI=1S/C14H25N3O3S2/c18-14(15-7-5-6-8-15)13-11-21-12-17(13)22(19,20)16-9-3-1-2-4-10-16/h13H,1-12H2. The Hall–Kier alpha value is -0.310. The largest absolute Gasteiger partial charge is 0.341 e. The molecule has 3 fully saturated rings. The Bertz CT molecular complexity index is 497. The Kier molecular flexibility index (Phi) is 5.31. The summed E-state index contributed by atoms with van der Waals surface area (Å²) in [5, 5.41) is 0. The van der Waals surface area contributed by atoms with Crippen LogP contribution < -0.4 is 0 Å². The SMILES string of the molecule is O=C(C1CSCN1S(=O)(=O)N1CCCCCC1)N1CCCC1. The van der Waals surface area contributed by atoms with Crippen molar-refractivity contribution in [1.82, 2.24) is 13.5 Å². The smallest absolute Gasteiger partial charge is 0.283 e. The van der Waals surface area contributed by atoms with E-state index in [2.05, 4.69) is 0 Å². The van der Waals surface area contributed by atoms with E-state index in [1.54, 1.807) is 16.1 Å². The summed E-state index contributed by atoms with van der Waals surface area (Å²) < 4.78 is 28.9. The van der Waals surface area contributed by atoms with E-state index in [4.69, 9.17) is 0 Å². The Morgan fingerprint density at radius 1 is 0.909 bits per heavy atom. The second-order valence-corrected chi connectivity index (χ2v) is 9.14. The zero-order valence-electron chi connectivity index (χ0n) is 12.9. The molecule has 0 aromatic carbocycles. The summed E-state index contributed by atoms with van der Waals surface area (Å²) >= 11 is 1.55. The molecule has 6 nitrogen and oxygen atoms in total. The summed E-state index contributed by atoms with van der Waals surface area (Å²) in [6.45, 7) is 2.73. The Morgan fingerprint density at radius 2 is 1.50 bits per heavy atom. The van der Waals surface area contributed by atoms with Crippen molar-refractivity contribution in [3.05, 3.63) is 0 Å². The molecule has 3 heterocycles. The average molecular weight is 348 g/mol. The zero-order valence-corrected chi connectivity index (χ0v) is 14.6. The van der Waals surface area contributed by atoms with E-state index >= 15 is 0 Å². The third-order valence-corrected chi connectivity index (χ3v) is 7.90. The van der Waals surface area contributed by atoms with Crippen LogP contribution in [0.1, 0.15) is 38.5 Å². The summed E-state index contributed by atoms with van der Waals surface area (Å²) in [6, 6.07) is -0.503. The minimum Gasteiger partial charge on any atom is -0.341 e. The van der Waals surface area contributed by atoms with E-state index < -0.39 is 16.3 Å². The molecule has 3 aliphatic rings. The Balaban J connectivity index is 1.74. The molecular weight excluding hydrogens is 322 g/mol. The first kappa shape index (κ1) is 16.5. The topological polar surface area (TPSA) is 60.9 Å². The first-order valence-corrected chi connectivity index (χ1v) is 10.8. The number of rotatable bonds is 3. The highest BCUT2D eigenvalue weighted by Gasteiger charge is 2.43. The molecule has 0 aromatic heterocycles. The van der Waals surface area contributed by atoms with Gasteiger partial charge in [0.05, 0.1) is 5.88 Å². The molecular formula is C14H25N3O3S2. The van der Waals surface area contributed by atoms with Crippen molar-refractivity contribution in [2.24, 2.45) is 0 Å². The lowest BCUT2D eigenvalue weighted by molar-refractivity contribution is -0.133. The van der Waals surface area contributed by atoms with Gasteiger partial charge in [0, 0.05) is 31.9 Å². The number of likely N-dealkylation sites (tertiary alicyclic amines) is 1. The van der Waals surface area contributed by atoms with Crippen molar-refractivity contribution in [2.75, 3.05) is 37.8 Å². The highest BCUT2D eigenvalue weighted by molar-refractivity contribution is 8.00. The molecule has 0 aromatic rings. The maximum atomic E-state index is 12.9. The number of amides is 1. The van der Waals surface area contributed by atoms with Crippen LogP contribution in [0.3, 0.4) is 0 Å². The molecule has 3 rings (SSSR count). The molecule has 8 heteroatoms. The fraction of sp³-hybridized carbons (Fsp3) is 0.929. The Labute approximate surface area is 137 Å². The van der Waals surface area contributed by atoms with Gasteiger partial charge in [0.2, 0.25) is 5.91 Å². The summed E-state index contributed by atoms with van der Waals surface area (Å²) in [6.07, 6.45) is 6.10. The van der Waals surface area contributed by atoms with Crippen molar-refractivity contribution < 1.29 is 13.2 Å². The van der Waals surface area contributed by atoms with Gasteiger partial charge in [-0.1, -0.05) is 12.8 Å². The van der Waals surface area contributed by atoms with Crippen molar-refractivity contribution in [3.8, 4) is 0 Å². The average Bonchev–Trinajstić information content (AvgIpc) is 3.13. The predicted molar refractivity (Wildman–Crippen MR) is 87.7 cm³/mol. The molecule has 22 heavy (non-hydrogen) atoms. The minimum atomic E-state index is -3.51. The second kappa shape index (κ2) is 7.07. The van der Waals surface area contributed by atoms with Crippen LogP contribution in [0.2, 0.25) is 0 Å².